The molecule has 0 aliphatic rings. The minimum Gasteiger partial charge on any atom is -0.492 e. The normalized spacial score (nSPS) is 11.6. The second-order valence-electron chi connectivity index (χ2n) is 8.86. The lowest BCUT2D eigenvalue weighted by atomic mass is 10.1. The number of rotatable bonds is 18. The maximum Gasteiger partial charge on any atom is 0.415 e. The number of benzene rings is 2. The number of hydrogen-bond acceptors (Lipinski definition) is 8. The van der Waals surface area contributed by atoms with E-state index in [1.54, 1.807) is 38.1 Å². The average molecular weight is 547 g/mol. The number of unbranched alkanes of at least 4 members (excludes halogenated alkanes) is 2. The van der Waals surface area contributed by atoms with Crippen molar-refractivity contribution in [1.29, 1.82) is 0 Å². The standard InChI is InChI=1S/C28H38N2O9/c1-4-6-7-16-36-17-14-29(28(33)39-24-11-8-21(3)25(20-24)30(34)35)15-18-38-23-12-9-22(10-13-23)19-26(27(31)32)37-5-2/h8-13,20,26H,4-7,14-19H2,1-3H3,(H,31,32). The quantitative estimate of drug-likeness (QED) is 0.155. The molecule has 2 aromatic carbocycles. The number of carbonyl (C=O) groups is 2. The number of nitro groups is 1. The van der Waals surface area contributed by atoms with E-state index in [-0.39, 0.29) is 37.6 Å². The molecule has 0 heterocycles. The Morgan fingerprint density at radius 1 is 1.00 bits per heavy atom. The second kappa shape index (κ2) is 17.0. The van der Waals surface area contributed by atoms with Gasteiger partial charge in [-0.05, 0) is 50.1 Å². The molecule has 0 aliphatic heterocycles. The van der Waals surface area contributed by atoms with Gasteiger partial charge in [-0.2, -0.15) is 0 Å². The van der Waals surface area contributed by atoms with Crippen LogP contribution in [0.3, 0.4) is 0 Å². The average Bonchev–Trinajstić information content (AvgIpc) is 2.91. The summed E-state index contributed by atoms with van der Waals surface area (Å²) in [6.45, 7) is 7.29. The zero-order valence-corrected chi connectivity index (χ0v) is 22.8. The Bertz CT molecular complexity index is 1060. The lowest BCUT2D eigenvalue weighted by Crippen LogP contribution is -2.39. The van der Waals surface area contributed by atoms with Crippen LogP contribution in [0.2, 0.25) is 0 Å². The highest BCUT2D eigenvalue weighted by atomic mass is 16.6. The number of aryl methyl sites for hydroxylation is 1. The summed E-state index contributed by atoms with van der Waals surface area (Å²) in [5.74, 6) is -0.381. The van der Waals surface area contributed by atoms with Gasteiger partial charge in [-0.15, -0.1) is 0 Å². The van der Waals surface area contributed by atoms with Crippen molar-refractivity contribution in [3.8, 4) is 11.5 Å². The topological polar surface area (TPSA) is 138 Å². The first-order valence-corrected chi connectivity index (χ1v) is 13.1. The van der Waals surface area contributed by atoms with Crippen molar-refractivity contribution in [2.75, 3.05) is 39.5 Å². The van der Waals surface area contributed by atoms with Gasteiger partial charge >= 0.3 is 12.1 Å². The van der Waals surface area contributed by atoms with Crippen LogP contribution in [0.5, 0.6) is 11.5 Å². The van der Waals surface area contributed by atoms with Gasteiger partial charge in [0.1, 0.15) is 18.1 Å². The monoisotopic (exact) mass is 546 g/mol. The van der Waals surface area contributed by atoms with E-state index in [9.17, 15) is 24.8 Å². The molecule has 1 N–H and O–H groups in total. The first-order valence-electron chi connectivity index (χ1n) is 13.1. The third-order valence-corrected chi connectivity index (χ3v) is 5.86. The van der Waals surface area contributed by atoms with Crippen molar-refractivity contribution >= 4 is 17.7 Å². The minimum absolute atomic E-state index is 0.0781. The summed E-state index contributed by atoms with van der Waals surface area (Å²) >= 11 is 0. The molecule has 2 aromatic rings. The molecule has 11 nitrogen and oxygen atoms in total. The third kappa shape index (κ3) is 11.3. The molecule has 214 valence electrons. The highest BCUT2D eigenvalue weighted by molar-refractivity contribution is 5.72. The molecular weight excluding hydrogens is 508 g/mol. The van der Waals surface area contributed by atoms with Crippen LogP contribution >= 0.6 is 0 Å². The van der Waals surface area contributed by atoms with Gasteiger partial charge in [0.25, 0.3) is 5.69 Å². The minimum atomic E-state index is -1.02. The van der Waals surface area contributed by atoms with E-state index >= 15 is 0 Å². The number of aliphatic carboxylic acids is 1. The van der Waals surface area contributed by atoms with Crippen molar-refractivity contribution in [3.63, 3.8) is 0 Å². The van der Waals surface area contributed by atoms with Crippen LogP contribution in [0.15, 0.2) is 42.5 Å². The summed E-state index contributed by atoms with van der Waals surface area (Å²) in [7, 11) is 0. The highest BCUT2D eigenvalue weighted by Gasteiger charge is 2.20. The zero-order chi connectivity index (χ0) is 28.6. The summed E-state index contributed by atoms with van der Waals surface area (Å²) in [6.07, 6.45) is 1.73. The van der Waals surface area contributed by atoms with E-state index < -0.39 is 23.1 Å². The molecule has 1 amide bonds. The Balaban J connectivity index is 1.97. The Morgan fingerprint density at radius 3 is 2.33 bits per heavy atom. The van der Waals surface area contributed by atoms with Crippen LogP contribution in [0.25, 0.3) is 0 Å². The van der Waals surface area contributed by atoms with Gasteiger partial charge < -0.3 is 29.0 Å². The molecule has 0 aliphatic carbocycles. The number of carboxylic acid groups (broad SMARTS) is 1. The van der Waals surface area contributed by atoms with E-state index in [1.807, 2.05) is 0 Å². The van der Waals surface area contributed by atoms with E-state index in [2.05, 4.69) is 6.92 Å². The van der Waals surface area contributed by atoms with Gasteiger partial charge in [-0.25, -0.2) is 9.59 Å². The van der Waals surface area contributed by atoms with Gasteiger partial charge in [0.2, 0.25) is 0 Å². The fourth-order valence-electron chi connectivity index (χ4n) is 3.67. The van der Waals surface area contributed by atoms with E-state index in [1.165, 1.54) is 23.1 Å². The lowest BCUT2D eigenvalue weighted by Gasteiger charge is -2.22. The molecule has 0 spiro atoms. The van der Waals surface area contributed by atoms with Crippen molar-refractivity contribution in [2.45, 2.75) is 52.6 Å². The van der Waals surface area contributed by atoms with Gasteiger partial charge in [0.05, 0.1) is 24.1 Å². The number of carboxylic acids is 1. The number of amides is 1. The van der Waals surface area contributed by atoms with Gasteiger partial charge in [-0.1, -0.05) is 31.9 Å². The molecule has 39 heavy (non-hydrogen) atoms. The van der Waals surface area contributed by atoms with Crippen molar-refractivity contribution in [2.24, 2.45) is 0 Å². The molecule has 1 unspecified atom stereocenters. The maximum absolute atomic E-state index is 12.9. The fraction of sp³-hybridized carbons (Fsp3) is 0.500. The molecule has 0 bridgehead atoms. The van der Waals surface area contributed by atoms with E-state index in [0.717, 1.165) is 24.8 Å². The Hall–Kier alpha value is -3.70. The predicted molar refractivity (Wildman–Crippen MR) is 144 cm³/mol. The fourth-order valence-corrected chi connectivity index (χ4v) is 3.67. The summed E-state index contributed by atoms with van der Waals surface area (Å²) in [4.78, 5) is 36.4. The summed E-state index contributed by atoms with van der Waals surface area (Å²) in [5, 5.41) is 20.5. The zero-order valence-electron chi connectivity index (χ0n) is 22.8. The van der Waals surface area contributed by atoms with Crippen LogP contribution in [-0.2, 0) is 20.7 Å². The highest BCUT2D eigenvalue weighted by Crippen LogP contribution is 2.24. The number of nitrogens with zero attached hydrogens (tertiary/aromatic N) is 2. The summed E-state index contributed by atoms with van der Waals surface area (Å²) < 4.78 is 22.1. The summed E-state index contributed by atoms with van der Waals surface area (Å²) in [5.41, 5.74) is 1.13. The Labute approximate surface area is 228 Å². The van der Waals surface area contributed by atoms with Gasteiger partial charge in [0.15, 0.2) is 6.10 Å². The molecule has 2 rings (SSSR count). The second-order valence-corrected chi connectivity index (χ2v) is 8.86. The van der Waals surface area contributed by atoms with E-state index in [4.69, 9.17) is 18.9 Å². The first-order chi connectivity index (χ1) is 18.7. The molecule has 0 saturated heterocycles. The Kier molecular flexibility index (Phi) is 13.7. The molecule has 0 radical (unpaired) electrons. The van der Waals surface area contributed by atoms with Crippen molar-refractivity contribution < 1.29 is 38.6 Å². The largest absolute Gasteiger partial charge is 0.492 e. The predicted octanol–water partition coefficient (Wildman–Crippen LogP) is 5.02. The molecule has 0 aromatic heterocycles. The van der Waals surface area contributed by atoms with Gasteiger partial charge in [0, 0.05) is 31.7 Å². The Morgan fingerprint density at radius 2 is 1.69 bits per heavy atom. The summed E-state index contributed by atoms with van der Waals surface area (Å²) in [6, 6.07) is 11.3. The lowest BCUT2D eigenvalue weighted by molar-refractivity contribution is -0.385. The number of carbonyl (C=O) groups excluding carboxylic acids is 1. The molecular formula is C28H38N2O9. The SMILES string of the molecule is CCCCCOCCN(CCOc1ccc(CC(OCC)C(=O)O)cc1)C(=O)Oc1ccc(C)c([N+](=O)[O-])c1. The van der Waals surface area contributed by atoms with E-state index in [0.29, 0.717) is 31.1 Å². The molecule has 0 saturated carbocycles. The number of nitro benzene ring substituents is 1. The number of hydrogen-bond donors (Lipinski definition) is 1. The van der Waals surface area contributed by atoms with Crippen LogP contribution in [0, 0.1) is 17.0 Å². The molecule has 1 atom stereocenters. The first kappa shape index (κ1) is 31.5. The third-order valence-electron chi connectivity index (χ3n) is 5.86. The smallest absolute Gasteiger partial charge is 0.415 e. The van der Waals surface area contributed by atoms with Crippen LogP contribution < -0.4 is 9.47 Å². The van der Waals surface area contributed by atoms with Crippen LogP contribution in [-0.4, -0.2) is 72.6 Å². The maximum atomic E-state index is 12.9. The molecule has 0 fully saturated rings. The molecule has 11 heteroatoms. The van der Waals surface area contributed by atoms with Crippen LogP contribution in [0.4, 0.5) is 10.5 Å². The van der Waals surface area contributed by atoms with Crippen molar-refractivity contribution in [3.05, 3.63) is 63.7 Å². The van der Waals surface area contributed by atoms with Crippen molar-refractivity contribution in [1.82, 2.24) is 4.90 Å². The van der Waals surface area contributed by atoms with Crippen LogP contribution in [0.1, 0.15) is 44.2 Å². The number of ether oxygens (including phenoxy) is 4. The van der Waals surface area contributed by atoms with Gasteiger partial charge in [-0.3, -0.25) is 10.1 Å².